The number of hydrogen-bond donors (Lipinski definition) is 2. The summed E-state index contributed by atoms with van der Waals surface area (Å²) in [6, 6.07) is 3.95. The SMILES string of the molecule is CC(C)CNCCn1c(Cc2cc3c(cc2I)OCCO3)nc2c(N)nc(F)nc21. The molecular weight excluding hydrogens is 502 g/mol. The number of benzene rings is 1. The van der Waals surface area contributed by atoms with Gasteiger partial charge in [0.05, 0.1) is 0 Å². The molecule has 10 heteroatoms. The molecule has 0 radical (unpaired) electrons. The van der Waals surface area contributed by atoms with E-state index in [1.54, 1.807) is 0 Å². The van der Waals surface area contributed by atoms with Gasteiger partial charge in [-0.1, -0.05) is 13.8 Å². The predicted octanol–water partition coefficient (Wildman–Crippen LogP) is 2.76. The van der Waals surface area contributed by atoms with E-state index in [2.05, 4.69) is 56.7 Å². The van der Waals surface area contributed by atoms with Crippen molar-refractivity contribution in [3.05, 3.63) is 33.2 Å². The first kappa shape index (κ1) is 21.0. The number of aromatic nitrogens is 4. The van der Waals surface area contributed by atoms with Crippen molar-refractivity contribution in [2.24, 2.45) is 5.92 Å². The lowest BCUT2D eigenvalue weighted by atomic mass is 10.1. The minimum Gasteiger partial charge on any atom is -0.486 e. The number of hydrogen-bond acceptors (Lipinski definition) is 7. The standard InChI is InChI=1S/C20H24FIN6O2/c1-11(2)10-24-3-4-28-16(25-17-18(23)26-20(21)27-19(17)28)8-12-7-14-15(9-13(12)22)30-6-5-29-14/h7,9,11,24H,3-6,8,10H2,1-2H3,(H2,23,26,27). The number of ether oxygens (including phenoxy) is 2. The molecule has 0 fully saturated rings. The molecule has 0 spiro atoms. The van der Waals surface area contributed by atoms with Gasteiger partial charge in [-0.15, -0.1) is 0 Å². The maximum atomic E-state index is 13.9. The fourth-order valence-corrected chi connectivity index (χ4v) is 4.03. The second-order valence-electron chi connectivity index (χ2n) is 7.59. The minimum absolute atomic E-state index is 0.0458. The van der Waals surface area contributed by atoms with Crippen molar-refractivity contribution < 1.29 is 13.9 Å². The molecule has 4 rings (SSSR count). The van der Waals surface area contributed by atoms with Gasteiger partial charge < -0.3 is 25.1 Å². The highest BCUT2D eigenvalue weighted by Crippen LogP contribution is 2.35. The van der Waals surface area contributed by atoms with Crippen LogP contribution >= 0.6 is 22.6 Å². The van der Waals surface area contributed by atoms with Gasteiger partial charge in [0.25, 0.3) is 0 Å². The summed E-state index contributed by atoms with van der Waals surface area (Å²) in [5, 5.41) is 3.41. The molecule has 3 heterocycles. The Hall–Kier alpha value is -2.21. The van der Waals surface area contributed by atoms with Crippen LogP contribution in [0.15, 0.2) is 12.1 Å². The van der Waals surface area contributed by atoms with Gasteiger partial charge in [0.1, 0.15) is 19.0 Å². The summed E-state index contributed by atoms with van der Waals surface area (Å²) in [6.07, 6.45) is -0.326. The molecule has 30 heavy (non-hydrogen) atoms. The van der Waals surface area contributed by atoms with Gasteiger partial charge in [0.15, 0.2) is 28.5 Å². The largest absolute Gasteiger partial charge is 0.486 e. The molecule has 0 amide bonds. The number of nitrogens with zero attached hydrogens (tertiary/aromatic N) is 4. The molecule has 3 N–H and O–H groups in total. The lowest BCUT2D eigenvalue weighted by molar-refractivity contribution is 0.171. The third-order valence-electron chi connectivity index (χ3n) is 4.80. The summed E-state index contributed by atoms with van der Waals surface area (Å²) in [4.78, 5) is 12.3. The van der Waals surface area contributed by atoms with E-state index in [0.29, 0.717) is 49.8 Å². The number of rotatable bonds is 7. The maximum absolute atomic E-state index is 13.9. The van der Waals surface area contributed by atoms with Crippen molar-refractivity contribution in [3.63, 3.8) is 0 Å². The molecule has 160 valence electrons. The van der Waals surface area contributed by atoms with Crippen molar-refractivity contribution in [1.82, 2.24) is 24.8 Å². The lowest BCUT2D eigenvalue weighted by Gasteiger charge is -2.20. The Morgan fingerprint density at radius 2 is 1.93 bits per heavy atom. The van der Waals surface area contributed by atoms with Crippen LogP contribution in [0.5, 0.6) is 11.5 Å². The highest BCUT2D eigenvalue weighted by molar-refractivity contribution is 14.1. The first-order valence-electron chi connectivity index (χ1n) is 9.89. The maximum Gasteiger partial charge on any atom is 0.312 e. The fraction of sp³-hybridized carbons (Fsp3) is 0.450. The molecule has 2 aromatic heterocycles. The van der Waals surface area contributed by atoms with E-state index in [-0.39, 0.29) is 5.82 Å². The van der Waals surface area contributed by atoms with Gasteiger partial charge >= 0.3 is 6.08 Å². The van der Waals surface area contributed by atoms with Gasteiger partial charge in [-0.25, -0.2) is 4.98 Å². The number of nitrogens with two attached hydrogens (primary N) is 1. The number of imidazole rings is 1. The predicted molar refractivity (Wildman–Crippen MR) is 120 cm³/mol. The van der Waals surface area contributed by atoms with E-state index in [9.17, 15) is 4.39 Å². The van der Waals surface area contributed by atoms with Crippen LogP contribution in [-0.2, 0) is 13.0 Å². The molecule has 0 saturated carbocycles. The van der Waals surface area contributed by atoms with Gasteiger partial charge in [-0.05, 0) is 52.7 Å². The van der Waals surface area contributed by atoms with E-state index in [0.717, 1.165) is 33.0 Å². The van der Waals surface area contributed by atoms with Crippen LogP contribution in [0.25, 0.3) is 11.2 Å². The summed E-state index contributed by atoms with van der Waals surface area (Å²) in [7, 11) is 0. The van der Waals surface area contributed by atoms with Crippen LogP contribution in [0.3, 0.4) is 0 Å². The van der Waals surface area contributed by atoms with Crippen LogP contribution in [-0.4, -0.2) is 45.8 Å². The summed E-state index contributed by atoms with van der Waals surface area (Å²) in [5.41, 5.74) is 7.80. The van der Waals surface area contributed by atoms with E-state index >= 15 is 0 Å². The zero-order valence-corrected chi connectivity index (χ0v) is 19.1. The minimum atomic E-state index is -0.850. The Morgan fingerprint density at radius 3 is 2.67 bits per heavy atom. The quantitative estimate of drug-likeness (QED) is 0.278. The second kappa shape index (κ2) is 8.88. The van der Waals surface area contributed by atoms with Crippen molar-refractivity contribution in [1.29, 1.82) is 0 Å². The Kier molecular flexibility index (Phi) is 6.23. The molecule has 0 bridgehead atoms. The van der Waals surface area contributed by atoms with Crippen LogP contribution in [0.1, 0.15) is 25.2 Å². The fourth-order valence-electron chi connectivity index (χ4n) is 3.40. The van der Waals surface area contributed by atoms with E-state index < -0.39 is 6.08 Å². The smallest absolute Gasteiger partial charge is 0.312 e. The van der Waals surface area contributed by atoms with Gasteiger partial charge in [0.2, 0.25) is 0 Å². The van der Waals surface area contributed by atoms with Gasteiger partial charge in [-0.3, -0.25) is 0 Å². The summed E-state index contributed by atoms with van der Waals surface area (Å²) in [5.74, 6) is 2.81. The van der Waals surface area contributed by atoms with E-state index in [1.807, 2.05) is 16.7 Å². The monoisotopic (exact) mass is 526 g/mol. The van der Waals surface area contributed by atoms with Crippen LogP contribution in [0.4, 0.5) is 10.2 Å². The topological polar surface area (TPSA) is 100 Å². The third-order valence-corrected chi connectivity index (χ3v) is 5.80. The zero-order chi connectivity index (χ0) is 21.3. The number of nitrogen functional groups attached to an aromatic ring is 1. The molecular formula is C20H24FIN6O2. The molecule has 8 nitrogen and oxygen atoms in total. The Bertz CT molecular complexity index is 1070. The molecule has 0 atom stereocenters. The Morgan fingerprint density at radius 1 is 1.20 bits per heavy atom. The molecule has 1 aliphatic rings. The second-order valence-corrected chi connectivity index (χ2v) is 8.75. The van der Waals surface area contributed by atoms with Gasteiger partial charge in [-0.2, -0.15) is 14.4 Å². The molecule has 0 aliphatic carbocycles. The first-order valence-corrected chi connectivity index (χ1v) is 11.0. The first-order chi connectivity index (χ1) is 14.4. The van der Waals surface area contributed by atoms with Crippen molar-refractivity contribution in [3.8, 4) is 11.5 Å². The van der Waals surface area contributed by atoms with Crippen LogP contribution in [0, 0.1) is 15.6 Å². The average Bonchev–Trinajstić information content (AvgIpc) is 3.03. The van der Waals surface area contributed by atoms with E-state index in [4.69, 9.17) is 15.2 Å². The Labute approximate surface area is 187 Å². The molecule has 0 unspecified atom stereocenters. The van der Waals surface area contributed by atoms with E-state index in [1.165, 1.54) is 0 Å². The highest BCUT2D eigenvalue weighted by atomic mass is 127. The summed E-state index contributed by atoms with van der Waals surface area (Å²) in [6.45, 7) is 7.57. The molecule has 3 aromatic rings. The number of fused-ring (bicyclic) bond motifs is 2. The number of halogens is 2. The molecule has 0 saturated heterocycles. The summed E-state index contributed by atoms with van der Waals surface area (Å²) < 4.78 is 28.2. The van der Waals surface area contributed by atoms with Gasteiger partial charge in [0, 0.05) is 23.1 Å². The van der Waals surface area contributed by atoms with Crippen molar-refractivity contribution in [2.75, 3.05) is 32.0 Å². The average molecular weight is 526 g/mol. The zero-order valence-electron chi connectivity index (χ0n) is 16.9. The van der Waals surface area contributed by atoms with Crippen LogP contribution in [0.2, 0.25) is 0 Å². The third kappa shape index (κ3) is 4.43. The molecule has 1 aliphatic heterocycles. The highest BCUT2D eigenvalue weighted by Gasteiger charge is 2.20. The Balaban J connectivity index is 1.69. The number of anilines is 1. The van der Waals surface area contributed by atoms with Crippen molar-refractivity contribution in [2.45, 2.75) is 26.8 Å². The molecule has 1 aromatic carbocycles. The van der Waals surface area contributed by atoms with Crippen molar-refractivity contribution >= 4 is 39.6 Å². The van der Waals surface area contributed by atoms with Crippen LogP contribution < -0.4 is 20.5 Å². The summed E-state index contributed by atoms with van der Waals surface area (Å²) >= 11 is 2.28. The normalized spacial score (nSPS) is 13.4. The number of nitrogens with one attached hydrogen (secondary N) is 1. The lowest BCUT2D eigenvalue weighted by Crippen LogP contribution is -2.25.